The molecular weight excluding hydrogens is 825 g/mol. The van der Waals surface area contributed by atoms with Gasteiger partial charge in [-0.3, -0.25) is 0 Å². The standard InChI is InChI=1S/C64H42N4/c1-3-15-41(16-4-1)58-40-59(66-64(65-58)43-17-5-2-6-18-43)42-27-31-46(32-28-42)67-60-25-13-11-23-53(60)56-37-44(29-35-62(56)67)45-30-36-63-57(38-45)54-24-12-14-26-61(54)68(63)47-33-34-52-50-21-8-7-19-48(50)49-20-9-10-22-51(49)55(52)39-47/h1-36,38-40,44H,37H2. The summed E-state index contributed by atoms with van der Waals surface area (Å²) in [5.74, 6) is 0.945. The van der Waals surface area contributed by atoms with Crippen LogP contribution < -0.4 is 0 Å². The summed E-state index contributed by atoms with van der Waals surface area (Å²) in [7, 11) is 0. The highest BCUT2D eigenvalue weighted by Crippen LogP contribution is 2.42. The number of allylic oxidation sites excluding steroid dienone is 1. The molecule has 14 rings (SSSR count). The molecule has 1 atom stereocenters. The Morgan fingerprint density at radius 3 is 1.54 bits per heavy atom. The first kappa shape index (κ1) is 38.4. The van der Waals surface area contributed by atoms with Crippen molar-refractivity contribution in [2.75, 3.05) is 0 Å². The van der Waals surface area contributed by atoms with Crippen LogP contribution in [0.3, 0.4) is 0 Å². The summed E-state index contributed by atoms with van der Waals surface area (Å²) in [6, 6.07) is 81.2. The molecule has 1 unspecified atom stereocenters. The van der Waals surface area contributed by atoms with Gasteiger partial charge < -0.3 is 9.13 Å². The molecule has 1 aliphatic rings. The largest absolute Gasteiger partial charge is 0.310 e. The van der Waals surface area contributed by atoms with Crippen LogP contribution in [-0.4, -0.2) is 19.1 Å². The zero-order valence-corrected chi connectivity index (χ0v) is 37.1. The van der Waals surface area contributed by atoms with Gasteiger partial charge in [-0.1, -0.05) is 176 Å². The molecule has 68 heavy (non-hydrogen) atoms. The van der Waals surface area contributed by atoms with Gasteiger partial charge in [0.1, 0.15) is 0 Å². The van der Waals surface area contributed by atoms with Crippen LogP contribution in [0.5, 0.6) is 0 Å². The molecule has 0 fully saturated rings. The van der Waals surface area contributed by atoms with Crippen LogP contribution >= 0.6 is 0 Å². The number of fused-ring (bicyclic) bond motifs is 12. The molecule has 0 bridgehead atoms. The number of hydrogen-bond donors (Lipinski definition) is 0. The summed E-state index contributed by atoms with van der Waals surface area (Å²) in [6.45, 7) is 0. The molecule has 0 N–H and O–H groups in total. The second kappa shape index (κ2) is 15.4. The van der Waals surface area contributed by atoms with E-state index >= 15 is 0 Å². The topological polar surface area (TPSA) is 35.6 Å². The van der Waals surface area contributed by atoms with E-state index in [0.717, 1.165) is 40.2 Å². The summed E-state index contributed by atoms with van der Waals surface area (Å²) in [6.07, 6.45) is 5.69. The third-order valence-electron chi connectivity index (χ3n) is 14.3. The van der Waals surface area contributed by atoms with Crippen LogP contribution in [0.15, 0.2) is 231 Å². The van der Waals surface area contributed by atoms with Crippen molar-refractivity contribution in [2.24, 2.45) is 0 Å². The lowest BCUT2D eigenvalue weighted by Gasteiger charge is -2.20. The maximum Gasteiger partial charge on any atom is 0.160 e. The molecule has 0 saturated carbocycles. The fourth-order valence-electron chi connectivity index (χ4n) is 11.1. The Bertz CT molecular complexity index is 4070. The molecule has 0 spiro atoms. The molecule has 4 nitrogen and oxygen atoms in total. The first-order chi connectivity index (χ1) is 33.7. The van der Waals surface area contributed by atoms with E-state index in [9.17, 15) is 0 Å². The maximum atomic E-state index is 5.10. The average Bonchev–Trinajstić information content (AvgIpc) is 3.93. The normalized spacial score (nSPS) is 13.6. The Morgan fingerprint density at radius 1 is 0.353 bits per heavy atom. The van der Waals surface area contributed by atoms with E-state index in [-0.39, 0.29) is 5.92 Å². The lowest BCUT2D eigenvalue weighted by Crippen LogP contribution is -2.07. The fourth-order valence-corrected chi connectivity index (χ4v) is 11.1. The monoisotopic (exact) mass is 866 g/mol. The van der Waals surface area contributed by atoms with Gasteiger partial charge in [-0.25, -0.2) is 9.97 Å². The minimum absolute atomic E-state index is 0.228. The molecule has 318 valence electrons. The highest BCUT2D eigenvalue weighted by molar-refractivity contribution is 6.25. The fraction of sp³-hybridized carbons (Fsp3) is 0.0312. The van der Waals surface area contributed by atoms with E-state index in [4.69, 9.17) is 9.97 Å². The minimum atomic E-state index is 0.228. The molecule has 3 heterocycles. The SMILES string of the molecule is C1=CC(c2ccc3c(c2)c2ccccc2n3-c2ccc3c4ccccc4c4ccccc4c3c2)Cc2c1n(-c1ccc(-c3cc(-c4ccccc4)nc(-c4ccccc4)n3)cc1)c1ccccc21. The average molecular weight is 867 g/mol. The number of nitrogens with zero attached hydrogens (tertiary/aromatic N) is 4. The lowest BCUT2D eigenvalue weighted by atomic mass is 9.86. The summed E-state index contributed by atoms with van der Waals surface area (Å²) >= 11 is 0. The van der Waals surface area contributed by atoms with Crippen molar-refractivity contribution in [1.29, 1.82) is 0 Å². The minimum Gasteiger partial charge on any atom is -0.310 e. The van der Waals surface area contributed by atoms with Crippen molar-refractivity contribution in [3.63, 3.8) is 0 Å². The van der Waals surface area contributed by atoms with Crippen LogP contribution in [0.4, 0.5) is 0 Å². The third kappa shape index (κ3) is 6.08. The van der Waals surface area contributed by atoms with Crippen molar-refractivity contribution in [3.8, 4) is 45.3 Å². The molecule has 0 amide bonds. The van der Waals surface area contributed by atoms with E-state index in [2.05, 4.69) is 221 Å². The lowest BCUT2D eigenvalue weighted by molar-refractivity contribution is 0.826. The Morgan fingerprint density at radius 2 is 0.868 bits per heavy atom. The molecule has 10 aromatic carbocycles. The predicted molar refractivity (Wildman–Crippen MR) is 284 cm³/mol. The molecule has 3 aromatic heterocycles. The van der Waals surface area contributed by atoms with Crippen molar-refractivity contribution >= 4 is 71.1 Å². The predicted octanol–water partition coefficient (Wildman–Crippen LogP) is 16.3. The Hall–Kier alpha value is -8.86. The van der Waals surface area contributed by atoms with Crippen molar-refractivity contribution in [2.45, 2.75) is 12.3 Å². The Labute approximate surface area is 393 Å². The number of aromatic nitrogens is 4. The van der Waals surface area contributed by atoms with Gasteiger partial charge in [-0.15, -0.1) is 0 Å². The maximum absolute atomic E-state index is 5.10. The highest BCUT2D eigenvalue weighted by Gasteiger charge is 2.25. The molecule has 1 aliphatic carbocycles. The number of benzene rings is 10. The summed E-state index contributed by atoms with van der Waals surface area (Å²) in [5.41, 5.74) is 14.8. The molecule has 4 heteroatoms. The quantitative estimate of drug-likeness (QED) is 0.156. The van der Waals surface area contributed by atoms with Crippen LogP contribution in [0.2, 0.25) is 0 Å². The van der Waals surface area contributed by atoms with Gasteiger partial charge in [0.05, 0.1) is 27.9 Å². The van der Waals surface area contributed by atoms with E-state index < -0.39 is 0 Å². The van der Waals surface area contributed by atoms with Gasteiger partial charge in [-0.05, 0) is 111 Å². The van der Waals surface area contributed by atoms with Gasteiger partial charge in [-0.2, -0.15) is 0 Å². The van der Waals surface area contributed by atoms with Crippen molar-refractivity contribution in [1.82, 2.24) is 19.1 Å². The first-order valence-corrected chi connectivity index (χ1v) is 23.5. The molecule has 13 aromatic rings. The summed E-state index contributed by atoms with van der Waals surface area (Å²) in [5, 5.41) is 11.6. The molecular formula is C64H42N4. The van der Waals surface area contributed by atoms with Crippen LogP contribution in [-0.2, 0) is 6.42 Å². The van der Waals surface area contributed by atoms with Gasteiger partial charge in [0.15, 0.2) is 5.82 Å². The van der Waals surface area contributed by atoms with Gasteiger partial charge in [0.25, 0.3) is 0 Å². The van der Waals surface area contributed by atoms with Crippen LogP contribution in [0, 0.1) is 0 Å². The second-order valence-electron chi connectivity index (χ2n) is 18.1. The number of hydrogen-bond acceptors (Lipinski definition) is 2. The summed E-state index contributed by atoms with van der Waals surface area (Å²) in [4.78, 5) is 10.1. The zero-order valence-electron chi connectivity index (χ0n) is 37.1. The third-order valence-corrected chi connectivity index (χ3v) is 14.3. The van der Waals surface area contributed by atoms with E-state index in [1.807, 2.05) is 24.3 Å². The highest BCUT2D eigenvalue weighted by atomic mass is 15.0. The summed E-state index contributed by atoms with van der Waals surface area (Å²) < 4.78 is 4.89. The zero-order chi connectivity index (χ0) is 44.7. The Balaban J connectivity index is 0.834. The molecule has 0 aliphatic heterocycles. The second-order valence-corrected chi connectivity index (χ2v) is 18.1. The Kier molecular flexibility index (Phi) is 8.68. The van der Waals surface area contributed by atoms with Gasteiger partial charge >= 0.3 is 0 Å². The van der Waals surface area contributed by atoms with Crippen molar-refractivity contribution < 1.29 is 0 Å². The smallest absolute Gasteiger partial charge is 0.160 e. The van der Waals surface area contributed by atoms with Crippen LogP contribution in [0.1, 0.15) is 22.7 Å². The van der Waals surface area contributed by atoms with E-state index in [1.54, 1.807) is 0 Å². The number of rotatable bonds is 6. The molecule has 0 saturated heterocycles. The molecule has 0 radical (unpaired) electrons. The number of para-hydroxylation sites is 2. The van der Waals surface area contributed by atoms with E-state index in [1.165, 1.54) is 87.5 Å². The van der Waals surface area contributed by atoms with Gasteiger partial charge in [0, 0.05) is 55.8 Å². The first-order valence-electron chi connectivity index (χ1n) is 23.5. The van der Waals surface area contributed by atoms with Gasteiger partial charge in [0.2, 0.25) is 0 Å². The van der Waals surface area contributed by atoms with Crippen molar-refractivity contribution in [3.05, 3.63) is 247 Å². The van der Waals surface area contributed by atoms with E-state index in [0.29, 0.717) is 5.82 Å². The van der Waals surface area contributed by atoms with Crippen LogP contribution in [0.25, 0.3) is 116 Å².